The van der Waals surface area contributed by atoms with Gasteiger partial charge < -0.3 is 20.1 Å². The number of carbonyl (C=O) groups excluding carboxylic acids is 3. The van der Waals surface area contributed by atoms with Crippen LogP contribution in [0, 0.1) is 5.82 Å². The number of cyclic esters (lactones) is 1. The molecule has 0 aromatic heterocycles. The first-order chi connectivity index (χ1) is 18.3. The van der Waals surface area contributed by atoms with Crippen molar-refractivity contribution in [2.24, 2.45) is 0 Å². The SMILES string of the molecule is CCC(C)NC(=O)C1C(c2ccc(NC(=O)c3ccc(OC)cc3)cc2)OC(=O)N1Cc1ccc(F)cc1. The number of carbonyl (C=O) groups is 3. The van der Waals surface area contributed by atoms with E-state index in [0.717, 1.165) is 6.42 Å². The Labute approximate surface area is 220 Å². The zero-order valence-corrected chi connectivity index (χ0v) is 21.4. The summed E-state index contributed by atoms with van der Waals surface area (Å²) in [5.74, 6) is -0.364. The molecule has 38 heavy (non-hydrogen) atoms. The number of benzene rings is 3. The Bertz CT molecular complexity index is 1280. The van der Waals surface area contributed by atoms with E-state index in [-0.39, 0.29) is 30.2 Å². The predicted octanol–water partition coefficient (Wildman–Crippen LogP) is 5.06. The second-order valence-corrected chi connectivity index (χ2v) is 9.13. The predicted molar refractivity (Wildman–Crippen MR) is 140 cm³/mol. The molecule has 3 aromatic carbocycles. The van der Waals surface area contributed by atoms with E-state index < -0.39 is 18.2 Å². The lowest BCUT2D eigenvalue weighted by Crippen LogP contribution is -2.48. The van der Waals surface area contributed by atoms with Crippen LogP contribution in [0.4, 0.5) is 14.9 Å². The minimum Gasteiger partial charge on any atom is -0.497 e. The molecule has 1 heterocycles. The summed E-state index contributed by atoms with van der Waals surface area (Å²) in [6, 6.07) is 18.3. The fourth-order valence-corrected chi connectivity index (χ4v) is 4.13. The molecule has 4 rings (SSSR count). The minimum absolute atomic E-state index is 0.0875. The molecule has 198 valence electrons. The fourth-order valence-electron chi connectivity index (χ4n) is 4.13. The minimum atomic E-state index is -0.929. The normalized spacial score (nSPS) is 17.5. The fraction of sp³-hybridized carbons (Fsp3) is 0.276. The van der Waals surface area contributed by atoms with Gasteiger partial charge in [-0.15, -0.1) is 0 Å². The molecular formula is C29H30FN3O5. The van der Waals surface area contributed by atoms with Gasteiger partial charge in [0.25, 0.3) is 5.91 Å². The Kier molecular flexibility index (Phi) is 8.25. The van der Waals surface area contributed by atoms with E-state index in [2.05, 4.69) is 10.6 Å². The molecule has 0 radical (unpaired) electrons. The van der Waals surface area contributed by atoms with Crippen LogP contribution >= 0.6 is 0 Å². The lowest BCUT2D eigenvalue weighted by atomic mass is 10.00. The molecule has 1 aliphatic rings. The molecule has 3 unspecified atom stereocenters. The lowest BCUT2D eigenvalue weighted by molar-refractivity contribution is -0.127. The van der Waals surface area contributed by atoms with Crippen LogP contribution in [0.1, 0.15) is 47.9 Å². The highest BCUT2D eigenvalue weighted by Gasteiger charge is 2.47. The quantitative estimate of drug-likeness (QED) is 0.412. The average Bonchev–Trinajstić information content (AvgIpc) is 3.25. The molecule has 0 bridgehead atoms. The molecule has 1 saturated heterocycles. The van der Waals surface area contributed by atoms with E-state index in [1.807, 2.05) is 13.8 Å². The van der Waals surface area contributed by atoms with Crippen LogP contribution in [-0.2, 0) is 16.1 Å². The molecule has 3 amide bonds. The van der Waals surface area contributed by atoms with Gasteiger partial charge in [0.05, 0.1) is 13.7 Å². The van der Waals surface area contributed by atoms with E-state index in [0.29, 0.717) is 28.1 Å². The monoisotopic (exact) mass is 519 g/mol. The zero-order chi connectivity index (χ0) is 27.2. The van der Waals surface area contributed by atoms with Gasteiger partial charge in [-0.2, -0.15) is 0 Å². The topological polar surface area (TPSA) is 97.0 Å². The molecule has 0 spiro atoms. The third-order valence-corrected chi connectivity index (χ3v) is 6.47. The summed E-state index contributed by atoms with van der Waals surface area (Å²) in [4.78, 5) is 40.2. The van der Waals surface area contributed by atoms with Crippen molar-refractivity contribution in [1.29, 1.82) is 0 Å². The number of ether oxygens (including phenoxy) is 2. The van der Waals surface area contributed by atoms with Crippen LogP contribution in [0.3, 0.4) is 0 Å². The number of halogens is 1. The van der Waals surface area contributed by atoms with Crippen LogP contribution in [0.15, 0.2) is 72.8 Å². The summed E-state index contributed by atoms with van der Waals surface area (Å²) < 4.78 is 24.2. The first-order valence-electron chi connectivity index (χ1n) is 12.4. The highest BCUT2D eigenvalue weighted by molar-refractivity contribution is 6.04. The second-order valence-electron chi connectivity index (χ2n) is 9.13. The first-order valence-corrected chi connectivity index (χ1v) is 12.4. The van der Waals surface area contributed by atoms with Crippen molar-refractivity contribution < 1.29 is 28.2 Å². The van der Waals surface area contributed by atoms with E-state index in [4.69, 9.17) is 9.47 Å². The maximum absolute atomic E-state index is 13.4. The molecular weight excluding hydrogens is 489 g/mol. The Morgan fingerprint density at radius 2 is 1.68 bits per heavy atom. The smallest absolute Gasteiger partial charge is 0.411 e. The average molecular weight is 520 g/mol. The number of nitrogens with one attached hydrogen (secondary N) is 2. The molecule has 1 fully saturated rings. The Morgan fingerprint density at radius 3 is 2.29 bits per heavy atom. The van der Waals surface area contributed by atoms with Crippen molar-refractivity contribution in [3.05, 3.63) is 95.3 Å². The number of anilines is 1. The van der Waals surface area contributed by atoms with Crippen molar-refractivity contribution in [2.45, 2.75) is 45.0 Å². The Balaban J connectivity index is 1.53. The molecule has 0 aliphatic carbocycles. The molecule has 3 atom stereocenters. The van der Waals surface area contributed by atoms with E-state index >= 15 is 0 Å². The Morgan fingerprint density at radius 1 is 1.03 bits per heavy atom. The van der Waals surface area contributed by atoms with Crippen molar-refractivity contribution >= 4 is 23.6 Å². The van der Waals surface area contributed by atoms with Crippen molar-refractivity contribution in [1.82, 2.24) is 10.2 Å². The van der Waals surface area contributed by atoms with Gasteiger partial charge >= 0.3 is 6.09 Å². The summed E-state index contributed by atoms with van der Waals surface area (Å²) in [5, 5.41) is 5.77. The maximum atomic E-state index is 13.4. The second kappa shape index (κ2) is 11.8. The number of rotatable bonds is 9. The summed E-state index contributed by atoms with van der Waals surface area (Å²) in [5.41, 5.74) is 2.29. The zero-order valence-electron chi connectivity index (χ0n) is 21.4. The van der Waals surface area contributed by atoms with Gasteiger partial charge in [-0.05, 0) is 73.0 Å². The molecule has 9 heteroatoms. The molecule has 3 aromatic rings. The van der Waals surface area contributed by atoms with Gasteiger partial charge in [0.15, 0.2) is 12.1 Å². The lowest BCUT2D eigenvalue weighted by Gasteiger charge is -2.25. The van der Waals surface area contributed by atoms with E-state index in [1.165, 1.54) is 17.0 Å². The number of methoxy groups -OCH3 is 1. The number of nitrogens with zero attached hydrogens (tertiary/aromatic N) is 1. The number of hydrogen-bond acceptors (Lipinski definition) is 5. The van der Waals surface area contributed by atoms with E-state index in [9.17, 15) is 18.8 Å². The largest absolute Gasteiger partial charge is 0.497 e. The molecule has 1 aliphatic heterocycles. The summed E-state index contributed by atoms with van der Waals surface area (Å²) in [6.45, 7) is 3.92. The summed E-state index contributed by atoms with van der Waals surface area (Å²) >= 11 is 0. The highest BCUT2D eigenvalue weighted by Crippen LogP contribution is 2.34. The van der Waals surface area contributed by atoms with Crippen LogP contribution in [0.2, 0.25) is 0 Å². The standard InChI is InChI=1S/C29H30FN3O5/c1-4-18(2)31-28(35)25-26(38-29(36)33(25)17-19-5-11-22(30)12-6-19)20-7-13-23(14-8-20)32-27(34)21-9-15-24(37-3)16-10-21/h5-16,18,25-26H,4,17H2,1-3H3,(H,31,35)(H,32,34). The Hall–Kier alpha value is -4.40. The molecule has 8 nitrogen and oxygen atoms in total. The third-order valence-electron chi connectivity index (χ3n) is 6.47. The van der Waals surface area contributed by atoms with Crippen LogP contribution in [-0.4, -0.2) is 42.0 Å². The van der Waals surface area contributed by atoms with Gasteiger partial charge in [-0.25, -0.2) is 9.18 Å². The first kappa shape index (κ1) is 26.7. The van der Waals surface area contributed by atoms with Crippen LogP contribution in [0.25, 0.3) is 0 Å². The summed E-state index contributed by atoms with van der Waals surface area (Å²) in [7, 11) is 1.55. The summed E-state index contributed by atoms with van der Waals surface area (Å²) in [6.07, 6.45) is -0.780. The maximum Gasteiger partial charge on any atom is 0.411 e. The van der Waals surface area contributed by atoms with Crippen molar-refractivity contribution in [3.8, 4) is 5.75 Å². The van der Waals surface area contributed by atoms with Gasteiger partial charge in [-0.1, -0.05) is 31.2 Å². The molecule has 0 saturated carbocycles. The number of amides is 3. The highest BCUT2D eigenvalue weighted by atomic mass is 19.1. The van der Waals surface area contributed by atoms with Gasteiger partial charge in [0, 0.05) is 17.3 Å². The van der Waals surface area contributed by atoms with Crippen LogP contribution in [0.5, 0.6) is 5.75 Å². The molecule has 2 N–H and O–H groups in total. The van der Waals surface area contributed by atoms with Crippen LogP contribution < -0.4 is 15.4 Å². The van der Waals surface area contributed by atoms with Gasteiger partial charge in [0.2, 0.25) is 5.91 Å². The number of hydrogen-bond donors (Lipinski definition) is 2. The van der Waals surface area contributed by atoms with Gasteiger partial charge in [-0.3, -0.25) is 14.5 Å². The third kappa shape index (κ3) is 6.11. The van der Waals surface area contributed by atoms with Crippen molar-refractivity contribution in [2.75, 3.05) is 12.4 Å². The van der Waals surface area contributed by atoms with Crippen molar-refractivity contribution in [3.63, 3.8) is 0 Å². The van der Waals surface area contributed by atoms with Gasteiger partial charge in [0.1, 0.15) is 11.6 Å². The van der Waals surface area contributed by atoms with E-state index in [1.54, 1.807) is 67.8 Å².